The molecule has 1 atom stereocenters. The van der Waals surface area contributed by atoms with Crippen LogP contribution < -0.4 is 0 Å². The number of likely N-dealkylation sites (N-methyl/N-ethyl adjacent to an activating group) is 1. The zero-order chi connectivity index (χ0) is 13.1. The molecule has 1 fully saturated rings. The standard InChI is InChI=1S/C14H21N3O/c1-10-8-13(12-6-7-17(3)9-12)16-14(15-10)5-4-11(2)18/h8,12H,4-7,9H2,1-3H3. The summed E-state index contributed by atoms with van der Waals surface area (Å²) in [6, 6.07) is 2.08. The fraction of sp³-hybridized carbons (Fsp3) is 0.643. The largest absolute Gasteiger partial charge is 0.306 e. The van der Waals surface area contributed by atoms with E-state index in [2.05, 4.69) is 28.0 Å². The fourth-order valence-corrected chi connectivity index (χ4v) is 2.44. The Labute approximate surface area is 108 Å². The molecule has 4 heteroatoms. The Balaban J connectivity index is 2.13. The summed E-state index contributed by atoms with van der Waals surface area (Å²) in [5.74, 6) is 1.53. The van der Waals surface area contributed by atoms with Gasteiger partial charge in [0.1, 0.15) is 11.6 Å². The molecule has 1 aromatic heterocycles. The van der Waals surface area contributed by atoms with E-state index in [1.807, 2.05) is 6.92 Å². The minimum atomic E-state index is 0.197. The first-order valence-electron chi connectivity index (χ1n) is 6.57. The van der Waals surface area contributed by atoms with Crippen LogP contribution in [-0.2, 0) is 11.2 Å². The number of aromatic nitrogens is 2. The lowest BCUT2D eigenvalue weighted by Crippen LogP contribution is -2.14. The van der Waals surface area contributed by atoms with Crippen LogP contribution in [0.15, 0.2) is 6.07 Å². The Morgan fingerprint density at radius 1 is 1.50 bits per heavy atom. The van der Waals surface area contributed by atoms with Gasteiger partial charge in [-0.25, -0.2) is 9.97 Å². The molecule has 0 N–H and O–H groups in total. The van der Waals surface area contributed by atoms with Gasteiger partial charge in [-0.2, -0.15) is 0 Å². The molecule has 1 aromatic rings. The highest BCUT2D eigenvalue weighted by molar-refractivity contribution is 5.75. The molecule has 18 heavy (non-hydrogen) atoms. The number of carbonyl (C=O) groups excluding carboxylic acids is 1. The first-order chi connectivity index (χ1) is 8.54. The molecule has 2 heterocycles. The van der Waals surface area contributed by atoms with Gasteiger partial charge in [-0.1, -0.05) is 0 Å². The van der Waals surface area contributed by atoms with Crippen molar-refractivity contribution in [2.75, 3.05) is 20.1 Å². The highest BCUT2D eigenvalue weighted by atomic mass is 16.1. The van der Waals surface area contributed by atoms with Gasteiger partial charge in [-0.3, -0.25) is 0 Å². The predicted molar refractivity (Wildman–Crippen MR) is 70.6 cm³/mol. The van der Waals surface area contributed by atoms with Crippen molar-refractivity contribution in [3.05, 3.63) is 23.3 Å². The molecule has 0 spiro atoms. The Hall–Kier alpha value is -1.29. The number of likely N-dealkylation sites (tertiary alicyclic amines) is 1. The van der Waals surface area contributed by atoms with Crippen molar-refractivity contribution < 1.29 is 4.79 Å². The second-order valence-electron chi connectivity index (χ2n) is 5.30. The van der Waals surface area contributed by atoms with E-state index < -0.39 is 0 Å². The molecule has 0 aliphatic carbocycles. The summed E-state index contributed by atoms with van der Waals surface area (Å²) in [7, 11) is 2.14. The first-order valence-corrected chi connectivity index (χ1v) is 6.57. The Bertz CT molecular complexity index is 445. The van der Waals surface area contributed by atoms with Gasteiger partial charge < -0.3 is 9.69 Å². The molecule has 0 saturated carbocycles. The minimum Gasteiger partial charge on any atom is -0.306 e. The highest BCUT2D eigenvalue weighted by Gasteiger charge is 2.22. The van der Waals surface area contributed by atoms with E-state index in [9.17, 15) is 4.79 Å². The monoisotopic (exact) mass is 247 g/mol. The van der Waals surface area contributed by atoms with Crippen molar-refractivity contribution in [1.82, 2.24) is 14.9 Å². The second kappa shape index (κ2) is 5.57. The zero-order valence-corrected chi connectivity index (χ0v) is 11.4. The Morgan fingerprint density at radius 2 is 2.28 bits per heavy atom. The van der Waals surface area contributed by atoms with Crippen LogP contribution in [0.2, 0.25) is 0 Å². The molecule has 0 amide bonds. The van der Waals surface area contributed by atoms with Gasteiger partial charge in [-0.05, 0) is 39.9 Å². The maximum atomic E-state index is 11.0. The minimum absolute atomic E-state index is 0.197. The summed E-state index contributed by atoms with van der Waals surface area (Å²) >= 11 is 0. The Morgan fingerprint density at radius 3 is 2.89 bits per heavy atom. The second-order valence-corrected chi connectivity index (χ2v) is 5.30. The quantitative estimate of drug-likeness (QED) is 0.813. The Kier molecular flexibility index (Phi) is 4.07. The van der Waals surface area contributed by atoms with E-state index in [-0.39, 0.29) is 5.78 Å². The number of aryl methyl sites for hydroxylation is 2. The van der Waals surface area contributed by atoms with Gasteiger partial charge in [0, 0.05) is 36.7 Å². The average Bonchev–Trinajstić information content (AvgIpc) is 2.72. The summed E-state index contributed by atoms with van der Waals surface area (Å²) in [4.78, 5) is 22.4. The van der Waals surface area contributed by atoms with Crippen molar-refractivity contribution >= 4 is 5.78 Å². The lowest BCUT2D eigenvalue weighted by Gasteiger charge is -2.12. The number of rotatable bonds is 4. The molecule has 0 bridgehead atoms. The van der Waals surface area contributed by atoms with Gasteiger partial charge >= 0.3 is 0 Å². The third kappa shape index (κ3) is 3.35. The number of Topliss-reactive ketones (excluding diaryl/α,β-unsaturated/α-hetero) is 1. The average molecular weight is 247 g/mol. The summed E-state index contributed by atoms with van der Waals surface area (Å²) in [6.45, 7) is 5.82. The van der Waals surface area contributed by atoms with Crippen LogP contribution in [-0.4, -0.2) is 40.8 Å². The molecule has 4 nitrogen and oxygen atoms in total. The number of hydrogen-bond acceptors (Lipinski definition) is 4. The number of nitrogens with zero attached hydrogens (tertiary/aromatic N) is 3. The molecule has 98 valence electrons. The SMILES string of the molecule is CC(=O)CCc1nc(C)cc(C2CCN(C)C2)n1. The number of ketones is 1. The van der Waals surface area contributed by atoms with E-state index in [0.717, 1.165) is 30.3 Å². The smallest absolute Gasteiger partial charge is 0.130 e. The third-order valence-electron chi connectivity index (χ3n) is 3.43. The lowest BCUT2D eigenvalue weighted by molar-refractivity contribution is -0.117. The summed E-state index contributed by atoms with van der Waals surface area (Å²) in [6.07, 6.45) is 2.36. The van der Waals surface area contributed by atoms with Gasteiger partial charge in [0.05, 0.1) is 0 Å². The summed E-state index contributed by atoms with van der Waals surface area (Å²) in [5, 5.41) is 0. The van der Waals surface area contributed by atoms with E-state index in [0.29, 0.717) is 18.8 Å². The van der Waals surface area contributed by atoms with E-state index in [1.54, 1.807) is 6.92 Å². The van der Waals surface area contributed by atoms with E-state index >= 15 is 0 Å². The molecule has 1 unspecified atom stereocenters. The number of hydrogen-bond donors (Lipinski definition) is 0. The van der Waals surface area contributed by atoms with Crippen LogP contribution >= 0.6 is 0 Å². The van der Waals surface area contributed by atoms with Crippen molar-refractivity contribution in [3.63, 3.8) is 0 Å². The first kappa shape index (κ1) is 13.1. The molecule has 2 rings (SSSR count). The van der Waals surface area contributed by atoms with Gasteiger partial charge in [-0.15, -0.1) is 0 Å². The van der Waals surface area contributed by atoms with Crippen LogP contribution in [0, 0.1) is 6.92 Å². The molecule has 0 radical (unpaired) electrons. The van der Waals surface area contributed by atoms with Crippen LogP contribution in [0.25, 0.3) is 0 Å². The number of carbonyl (C=O) groups is 1. The van der Waals surface area contributed by atoms with Gasteiger partial charge in [0.15, 0.2) is 0 Å². The summed E-state index contributed by atoms with van der Waals surface area (Å²) in [5.41, 5.74) is 2.15. The van der Waals surface area contributed by atoms with Crippen LogP contribution in [0.3, 0.4) is 0 Å². The van der Waals surface area contributed by atoms with E-state index in [4.69, 9.17) is 0 Å². The molecular weight excluding hydrogens is 226 g/mol. The maximum absolute atomic E-state index is 11.0. The lowest BCUT2D eigenvalue weighted by atomic mass is 10.0. The molecule has 1 saturated heterocycles. The molecular formula is C14H21N3O. The fourth-order valence-electron chi connectivity index (χ4n) is 2.44. The topological polar surface area (TPSA) is 46.1 Å². The van der Waals surface area contributed by atoms with Crippen molar-refractivity contribution in [1.29, 1.82) is 0 Å². The molecule has 0 aromatic carbocycles. The normalized spacial score (nSPS) is 20.3. The third-order valence-corrected chi connectivity index (χ3v) is 3.43. The van der Waals surface area contributed by atoms with Crippen LogP contribution in [0.4, 0.5) is 0 Å². The van der Waals surface area contributed by atoms with E-state index in [1.165, 1.54) is 6.42 Å². The predicted octanol–water partition coefficient (Wildman–Crippen LogP) is 1.73. The van der Waals surface area contributed by atoms with Crippen molar-refractivity contribution in [2.45, 2.75) is 39.0 Å². The van der Waals surface area contributed by atoms with Crippen LogP contribution in [0.1, 0.15) is 42.9 Å². The molecule has 1 aliphatic rings. The van der Waals surface area contributed by atoms with Crippen molar-refractivity contribution in [3.8, 4) is 0 Å². The highest BCUT2D eigenvalue weighted by Crippen LogP contribution is 2.25. The summed E-state index contributed by atoms with van der Waals surface area (Å²) < 4.78 is 0. The van der Waals surface area contributed by atoms with Crippen LogP contribution in [0.5, 0.6) is 0 Å². The maximum Gasteiger partial charge on any atom is 0.130 e. The van der Waals surface area contributed by atoms with Gasteiger partial charge in [0.25, 0.3) is 0 Å². The van der Waals surface area contributed by atoms with Gasteiger partial charge in [0.2, 0.25) is 0 Å². The zero-order valence-electron chi connectivity index (χ0n) is 11.4. The molecule has 1 aliphatic heterocycles. The van der Waals surface area contributed by atoms with Crippen molar-refractivity contribution in [2.24, 2.45) is 0 Å².